The van der Waals surface area contributed by atoms with Crippen LogP contribution >= 0.6 is 0 Å². The van der Waals surface area contributed by atoms with Crippen LogP contribution in [0.25, 0.3) is 0 Å². The number of carbonyl (C=O) groups is 5. The van der Waals surface area contributed by atoms with E-state index in [1.165, 1.54) is 41.3 Å². The standard InChI is InChI=1S/C35H38N2O12/c1-5-6-14-47-33(45)22-8-7-9-24(39)28(22)30(42)29-25(40)15-20(16-26(29)41)32(44)48-27-18-37(34(46)49-35(2,3)4)17-23(27)36-31(43)19-10-12-21(38)13-11-19/h7-13,15-16,23,27,38-41H,5-6,14,17-18H2,1-4H3,(H,36,43). The van der Waals surface area contributed by atoms with Crippen LogP contribution in [0.4, 0.5) is 4.79 Å². The van der Waals surface area contributed by atoms with Crippen LogP contribution in [-0.2, 0) is 14.2 Å². The number of nitrogens with zero attached hydrogens (tertiary/aromatic N) is 1. The number of hydrogen-bond acceptors (Lipinski definition) is 12. The van der Waals surface area contributed by atoms with E-state index in [0.717, 1.165) is 24.6 Å². The molecule has 1 aliphatic heterocycles. The average Bonchev–Trinajstić information content (AvgIpc) is 3.41. The summed E-state index contributed by atoms with van der Waals surface area (Å²) >= 11 is 0. The first kappa shape index (κ1) is 36.1. The lowest BCUT2D eigenvalue weighted by molar-refractivity contribution is 0.0177. The molecule has 1 heterocycles. The predicted octanol–water partition coefficient (Wildman–Crippen LogP) is 4.27. The Hall–Kier alpha value is -5.79. The molecule has 4 rings (SSSR count). The minimum atomic E-state index is -1.12. The Morgan fingerprint density at radius 2 is 1.49 bits per heavy atom. The van der Waals surface area contributed by atoms with E-state index in [9.17, 15) is 44.4 Å². The molecule has 49 heavy (non-hydrogen) atoms. The number of ketones is 1. The number of likely N-dealkylation sites (tertiary alicyclic amines) is 1. The van der Waals surface area contributed by atoms with Gasteiger partial charge in [0.1, 0.15) is 40.3 Å². The molecule has 0 radical (unpaired) electrons. The van der Waals surface area contributed by atoms with E-state index < -0.39 is 75.8 Å². The summed E-state index contributed by atoms with van der Waals surface area (Å²) in [5.74, 6) is -6.03. The molecule has 3 aromatic carbocycles. The Labute approximate surface area is 281 Å². The van der Waals surface area contributed by atoms with E-state index in [-0.39, 0.29) is 42.1 Å². The number of unbranched alkanes of at least 4 members (excludes halogenated alkanes) is 1. The first-order valence-electron chi connectivity index (χ1n) is 15.5. The van der Waals surface area contributed by atoms with E-state index in [1.807, 2.05) is 6.92 Å². The van der Waals surface area contributed by atoms with Gasteiger partial charge in [-0.1, -0.05) is 19.4 Å². The molecule has 2 unspecified atom stereocenters. The summed E-state index contributed by atoms with van der Waals surface area (Å²) in [5, 5.41) is 44.4. The van der Waals surface area contributed by atoms with Crippen molar-refractivity contribution in [1.29, 1.82) is 0 Å². The van der Waals surface area contributed by atoms with Crippen molar-refractivity contribution in [2.24, 2.45) is 0 Å². The van der Waals surface area contributed by atoms with Gasteiger partial charge in [-0.15, -0.1) is 0 Å². The Balaban J connectivity index is 1.58. The molecular weight excluding hydrogens is 640 g/mol. The molecule has 0 aromatic heterocycles. The zero-order valence-corrected chi connectivity index (χ0v) is 27.4. The van der Waals surface area contributed by atoms with Crippen molar-refractivity contribution in [3.05, 3.63) is 82.4 Å². The van der Waals surface area contributed by atoms with Crippen LogP contribution in [0.5, 0.6) is 23.0 Å². The second kappa shape index (κ2) is 15.0. The van der Waals surface area contributed by atoms with Crippen LogP contribution in [0.2, 0.25) is 0 Å². The summed E-state index contributed by atoms with van der Waals surface area (Å²) < 4.78 is 16.2. The largest absolute Gasteiger partial charge is 0.508 e. The molecule has 1 fully saturated rings. The summed E-state index contributed by atoms with van der Waals surface area (Å²) in [4.78, 5) is 66.6. The summed E-state index contributed by atoms with van der Waals surface area (Å²) in [6.45, 7) is 6.72. The van der Waals surface area contributed by atoms with E-state index in [1.54, 1.807) is 20.8 Å². The normalized spacial score (nSPS) is 15.7. The molecule has 0 saturated carbocycles. The van der Waals surface area contributed by atoms with Crippen molar-refractivity contribution in [2.45, 2.75) is 58.3 Å². The van der Waals surface area contributed by atoms with Crippen molar-refractivity contribution in [2.75, 3.05) is 19.7 Å². The first-order chi connectivity index (χ1) is 23.1. The third-order valence-electron chi connectivity index (χ3n) is 7.40. The smallest absolute Gasteiger partial charge is 0.410 e. The molecule has 2 atom stereocenters. The van der Waals surface area contributed by atoms with Crippen LogP contribution in [0.3, 0.4) is 0 Å². The Morgan fingerprint density at radius 1 is 0.837 bits per heavy atom. The van der Waals surface area contributed by atoms with E-state index in [0.29, 0.717) is 6.42 Å². The number of nitrogens with one attached hydrogen (secondary N) is 1. The van der Waals surface area contributed by atoms with Gasteiger partial charge in [-0.05, 0) is 75.7 Å². The van der Waals surface area contributed by atoms with Crippen molar-refractivity contribution in [1.82, 2.24) is 10.2 Å². The van der Waals surface area contributed by atoms with Crippen LogP contribution in [0.1, 0.15) is 87.5 Å². The number of aromatic hydroxyl groups is 4. The SMILES string of the molecule is CCCCOC(=O)c1cccc(O)c1C(=O)c1c(O)cc(C(=O)OC2CN(C(=O)OC(C)(C)C)CC2NC(=O)c2ccc(O)cc2)cc1O. The quantitative estimate of drug-likeness (QED) is 0.0881. The second-order valence-electron chi connectivity index (χ2n) is 12.4. The highest BCUT2D eigenvalue weighted by Crippen LogP contribution is 2.35. The number of phenolic OH excluding ortho intramolecular Hbond substituents is 4. The molecule has 1 aliphatic rings. The van der Waals surface area contributed by atoms with Crippen LogP contribution < -0.4 is 5.32 Å². The fourth-order valence-corrected chi connectivity index (χ4v) is 5.00. The maximum Gasteiger partial charge on any atom is 0.410 e. The van der Waals surface area contributed by atoms with E-state index >= 15 is 0 Å². The molecular formula is C35H38N2O12. The Kier molecular flexibility index (Phi) is 11.0. The maximum absolute atomic E-state index is 13.5. The number of carbonyl (C=O) groups excluding carboxylic acids is 5. The Bertz CT molecular complexity index is 1720. The molecule has 14 heteroatoms. The molecule has 0 bridgehead atoms. The van der Waals surface area contributed by atoms with Gasteiger partial charge in [0.2, 0.25) is 5.78 Å². The lowest BCUT2D eigenvalue weighted by atomic mass is 9.95. The topological polar surface area (TPSA) is 209 Å². The number of ether oxygens (including phenoxy) is 3. The Morgan fingerprint density at radius 3 is 2.10 bits per heavy atom. The molecule has 5 N–H and O–H groups in total. The summed E-state index contributed by atoms with van der Waals surface area (Å²) in [6.07, 6.45) is -0.522. The first-order valence-corrected chi connectivity index (χ1v) is 15.5. The van der Waals surface area contributed by atoms with Crippen LogP contribution in [0, 0.1) is 0 Å². The zero-order valence-electron chi connectivity index (χ0n) is 27.4. The molecule has 260 valence electrons. The number of benzene rings is 3. The third kappa shape index (κ3) is 8.77. The van der Waals surface area contributed by atoms with Gasteiger partial charge >= 0.3 is 18.0 Å². The number of esters is 2. The maximum atomic E-state index is 13.5. The molecule has 2 amide bonds. The van der Waals surface area contributed by atoms with Gasteiger partial charge in [0.05, 0.1) is 35.9 Å². The summed E-state index contributed by atoms with van der Waals surface area (Å²) in [5.41, 5.74) is -2.54. The highest BCUT2D eigenvalue weighted by Gasteiger charge is 2.41. The summed E-state index contributed by atoms with van der Waals surface area (Å²) in [7, 11) is 0. The predicted molar refractivity (Wildman–Crippen MR) is 173 cm³/mol. The van der Waals surface area contributed by atoms with Gasteiger partial charge in [-0.3, -0.25) is 9.59 Å². The fourth-order valence-electron chi connectivity index (χ4n) is 5.00. The van der Waals surface area contributed by atoms with Crippen LogP contribution in [-0.4, -0.2) is 92.5 Å². The number of phenols is 4. The van der Waals surface area contributed by atoms with Gasteiger partial charge < -0.3 is 44.9 Å². The van der Waals surface area contributed by atoms with Crippen molar-refractivity contribution in [3.8, 4) is 23.0 Å². The van der Waals surface area contributed by atoms with Gasteiger partial charge in [-0.25, -0.2) is 14.4 Å². The zero-order chi connectivity index (χ0) is 36.0. The molecule has 0 aliphatic carbocycles. The molecule has 0 spiro atoms. The van der Waals surface area contributed by atoms with Crippen molar-refractivity contribution >= 4 is 29.7 Å². The van der Waals surface area contributed by atoms with Crippen LogP contribution in [0.15, 0.2) is 54.6 Å². The number of amides is 2. The number of hydrogen-bond donors (Lipinski definition) is 5. The third-order valence-corrected chi connectivity index (χ3v) is 7.40. The summed E-state index contributed by atoms with van der Waals surface area (Å²) in [6, 6.07) is 9.93. The average molecular weight is 679 g/mol. The van der Waals surface area contributed by atoms with Crippen molar-refractivity contribution in [3.63, 3.8) is 0 Å². The molecule has 14 nitrogen and oxygen atoms in total. The van der Waals surface area contributed by atoms with Gasteiger partial charge in [0.15, 0.2) is 0 Å². The lowest BCUT2D eigenvalue weighted by Crippen LogP contribution is -2.44. The minimum Gasteiger partial charge on any atom is -0.508 e. The second-order valence-corrected chi connectivity index (χ2v) is 12.4. The highest BCUT2D eigenvalue weighted by atomic mass is 16.6. The minimum absolute atomic E-state index is 0.0505. The highest BCUT2D eigenvalue weighted by molar-refractivity contribution is 6.18. The van der Waals surface area contributed by atoms with Gasteiger partial charge in [0, 0.05) is 12.1 Å². The lowest BCUT2D eigenvalue weighted by Gasteiger charge is -2.24. The fraction of sp³-hybridized carbons (Fsp3) is 0.343. The van der Waals surface area contributed by atoms with Crippen molar-refractivity contribution < 1.29 is 58.6 Å². The monoisotopic (exact) mass is 678 g/mol. The molecule has 1 saturated heterocycles. The van der Waals surface area contributed by atoms with Gasteiger partial charge in [0.25, 0.3) is 5.91 Å². The number of rotatable bonds is 10. The molecule has 3 aromatic rings. The van der Waals surface area contributed by atoms with E-state index in [4.69, 9.17) is 14.2 Å². The van der Waals surface area contributed by atoms with Gasteiger partial charge in [-0.2, -0.15) is 0 Å². The van der Waals surface area contributed by atoms with E-state index in [2.05, 4.69) is 5.32 Å².